The molecule has 3 N–H and O–H groups in total. The van der Waals surface area contributed by atoms with Gasteiger partial charge in [-0.25, -0.2) is 0 Å². The molecule has 0 bridgehead atoms. The molecule has 0 aromatic heterocycles. The summed E-state index contributed by atoms with van der Waals surface area (Å²) in [5.74, 6) is 0.650. The molecule has 1 aromatic carbocycles. The van der Waals surface area contributed by atoms with E-state index in [2.05, 4.69) is 11.9 Å². The Kier molecular flexibility index (Phi) is 5.22. The molecule has 1 aliphatic rings. The minimum Gasteiger partial charge on any atom is -0.393 e. The summed E-state index contributed by atoms with van der Waals surface area (Å²) in [5.41, 5.74) is 7.22. The van der Waals surface area contributed by atoms with E-state index < -0.39 is 0 Å². The van der Waals surface area contributed by atoms with Crippen molar-refractivity contribution in [2.45, 2.75) is 31.4 Å². The number of aliphatic hydroxyl groups excluding tert-OH is 1. The first-order chi connectivity index (χ1) is 9.06. The standard InChI is InChI=1S/C15H23ClN2O/c1-18(10-11-8-12(19)9-11)7-6-15(17)13-4-2-3-5-14(13)16/h2-5,11-12,15,19H,6-10,17H2,1H3. The van der Waals surface area contributed by atoms with Crippen LogP contribution in [0.5, 0.6) is 0 Å². The molecule has 3 nitrogen and oxygen atoms in total. The van der Waals surface area contributed by atoms with E-state index in [0.717, 1.165) is 42.9 Å². The van der Waals surface area contributed by atoms with Gasteiger partial charge in [0.05, 0.1) is 6.10 Å². The van der Waals surface area contributed by atoms with Crippen molar-refractivity contribution in [1.82, 2.24) is 4.90 Å². The van der Waals surface area contributed by atoms with Crippen LogP contribution in [-0.2, 0) is 0 Å². The highest BCUT2D eigenvalue weighted by Crippen LogP contribution is 2.28. The van der Waals surface area contributed by atoms with Gasteiger partial charge < -0.3 is 15.7 Å². The average Bonchev–Trinajstić information content (AvgIpc) is 2.35. The van der Waals surface area contributed by atoms with Gasteiger partial charge in [0, 0.05) is 17.6 Å². The fourth-order valence-corrected chi connectivity index (χ4v) is 2.95. The van der Waals surface area contributed by atoms with Crippen molar-refractivity contribution in [3.8, 4) is 0 Å². The Morgan fingerprint density at radius 1 is 1.42 bits per heavy atom. The summed E-state index contributed by atoms with van der Waals surface area (Å²) in [6, 6.07) is 7.77. The van der Waals surface area contributed by atoms with E-state index in [1.807, 2.05) is 24.3 Å². The van der Waals surface area contributed by atoms with Crippen LogP contribution in [0.25, 0.3) is 0 Å². The second-order valence-electron chi connectivity index (χ2n) is 5.67. The predicted molar refractivity (Wildman–Crippen MR) is 79.2 cm³/mol. The fourth-order valence-electron chi connectivity index (χ4n) is 2.67. The molecular weight excluding hydrogens is 260 g/mol. The van der Waals surface area contributed by atoms with Crippen molar-refractivity contribution in [3.05, 3.63) is 34.9 Å². The molecule has 1 saturated carbocycles. The molecule has 2 rings (SSSR count). The largest absolute Gasteiger partial charge is 0.393 e. The molecule has 0 saturated heterocycles. The summed E-state index contributed by atoms with van der Waals surface area (Å²) >= 11 is 6.14. The first kappa shape index (κ1) is 14.8. The van der Waals surface area contributed by atoms with Crippen LogP contribution in [0.1, 0.15) is 30.9 Å². The zero-order chi connectivity index (χ0) is 13.8. The molecule has 0 spiro atoms. The highest BCUT2D eigenvalue weighted by molar-refractivity contribution is 6.31. The van der Waals surface area contributed by atoms with Crippen molar-refractivity contribution in [2.24, 2.45) is 11.7 Å². The van der Waals surface area contributed by atoms with E-state index in [4.69, 9.17) is 17.3 Å². The number of halogens is 1. The van der Waals surface area contributed by atoms with Gasteiger partial charge in [-0.05, 0) is 50.4 Å². The maximum Gasteiger partial charge on any atom is 0.0546 e. The molecule has 0 radical (unpaired) electrons. The SMILES string of the molecule is CN(CCC(N)c1ccccc1Cl)CC1CC(O)C1. The highest BCUT2D eigenvalue weighted by Gasteiger charge is 2.27. The maximum absolute atomic E-state index is 9.28. The van der Waals surface area contributed by atoms with Crippen LogP contribution in [0, 0.1) is 5.92 Å². The third-order valence-corrected chi connectivity index (χ3v) is 4.25. The van der Waals surface area contributed by atoms with Gasteiger partial charge in [-0.1, -0.05) is 29.8 Å². The van der Waals surface area contributed by atoms with Gasteiger partial charge in [-0.2, -0.15) is 0 Å². The van der Waals surface area contributed by atoms with Gasteiger partial charge in [0.15, 0.2) is 0 Å². The molecule has 1 aliphatic carbocycles. The van der Waals surface area contributed by atoms with E-state index in [9.17, 15) is 5.11 Å². The minimum atomic E-state index is -0.0659. The second-order valence-corrected chi connectivity index (χ2v) is 6.08. The lowest BCUT2D eigenvalue weighted by atomic mass is 9.82. The van der Waals surface area contributed by atoms with E-state index in [1.54, 1.807) is 0 Å². The van der Waals surface area contributed by atoms with Gasteiger partial charge >= 0.3 is 0 Å². The highest BCUT2D eigenvalue weighted by atomic mass is 35.5. The topological polar surface area (TPSA) is 49.5 Å². The van der Waals surface area contributed by atoms with Gasteiger partial charge in [0.25, 0.3) is 0 Å². The molecule has 0 aliphatic heterocycles. The predicted octanol–water partition coefficient (Wildman–Crippen LogP) is 2.43. The van der Waals surface area contributed by atoms with Crippen molar-refractivity contribution in [1.29, 1.82) is 0 Å². The Morgan fingerprint density at radius 2 is 2.11 bits per heavy atom. The van der Waals surface area contributed by atoms with Crippen molar-refractivity contribution < 1.29 is 5.11 Å². The van der Waals surface area contributed by atoms with Gasteiger partial charge in [-0.15, -0.1) is 0 Å². The summed E-state index contributed by atoms with van der Waals surface area (Å²) in [7, 11) is 2.12. The first-order valence-electron chi connectivity index (χ1n) is 6.93. The fraction of sp³-hybridized carbons (Fsp3) is 0.600. The summed E-state index contributed by atoms with van der Waals surface area (Å²) in [5, 5.41) is 10.0. The number of nitrogens with zero attached hydrogens (tertiary/aromatic N) is 1. The molecule has 4 heteroatoms. The Balaban J connectivity index is 1.74. The zero-order valence-electron chi connectivity index (χ0n) is 11.4. The molecule has 0 heterocycles. The van der Waals surface area contributed by atoms with Crippen molar-refractivity contribution in [3.63, 3.8) is 0 Å². The number of hydrogen-bond acceptors (Lipinski definition) is 3. The third kappa shape index (κ3) is 4.18. The lowest BCUT2D eigenvalue weighted by molar-refractivity contribution is 0.0280. The maximum atomic E-state index is 9.28. The Hall–Kier alpha value is -0.610. The van der Waals surface area contributed by atoms with Crippen LogP contribution in [-0.4, -0.2) is 36.2 Å². The second kappa shape index (κ2) is 6.71. The van der Waals surface area contributed by atoms with Crippen LogP contribution in [0.4, 0.5) is 0 Å². The monoisotopic (exact) mass is 282 g/mol. The number of nitrogens with two attached hydrogens (primary N) is 1. The van der Waals surface area contributed by atoms with Gasteiger partial charge in [-0.3, -0.25) is 0 Å². The zero-order valence-corrected chi connectivity index (χ0v) is 12.2. The smallest absolute Gasteiger partial charge is 0.0546 e. The molecule has 1 unspecified atom stereocenters. The Labute approximate surface area is 120 Å². The number of benzene rings is 1. The van der Waals surface area contributed by atoms with Crippen LogP contribution < -0.4 is 5.73 Å². The third-order valence-electron chi connectivity index (χ3n) is 3.91. The number of aliphatic hydroxyl groups is 1. The number of rotatable bonds is 6. The normalized spacial score (nSPS) is 24.3. The summed E-state index contributed by atoms with van der Waals surface area (Å²) in [6.07, 6.45) is 2.72. The van der Waals surface area contributed by atoms with Crippen molar-refractivity contribution in [2.75, 3.05) is 20.1 Å². The van der Waals surface area contributed by atoms with Crippen LogP contribution in [0.2, 0.25) is 5.02 Å². The van der Waals surface area contributed by atoms with E-state index in [0.29, 0.717) is 5.92 Å². The molecule has 1 atom stereocenters. The van der Waals surface area contributed by atoms with Gasteiger partial charge in [0.1, 0.15) is 0 Å². The first-order valence-corrected chi connectivity index (χ1v) is 7.30. The molecular formula is C15H23ClN2O. The lowest BCUT2D eigenvalue weighted by Crippen LogP contribution is -2.37. The van der Waals surface area contributed by atoms with Crippen molar-refractivity contribution >= 4 is 11.6 Å². The van der Waals surface area contributed by atoms with Crippen LogP contribution >= 0.6 is 11.6 Å². The van der Waals surface area contributed by atoms with E-state index in [1.165, 1.54) is 0 Å². The quantitative estimate of drug-likeness (QED) is 0.843. The van der Waals surface area contributed by atoms with Crippen LogP contribution in [0.3, 0.4) is 0 Å². The summed E-state index contributed by atoms with van der Waals surface area (Å²) in [6.45, 7) is 2.01. The van der Waals surface area contributed by atoms with E-state index in [-0.39, 0.29) is 12.1 Å². The Morgan fingerprint density at radius 3 is 2.74 bits per heavy atom. The molecule has 1 aromatic rings. The summed E-state index contributed by atoms with van der Waals surface area (Å²) in [4.78, 5) is 2.30. The van der Waals surface area contributed by atoms with E-state index >= 15 is 0 Å². The Bertz CT molecular complexity index is 407. The molecule has 19 heavy (non-hydrogen) atoms. The molecule has 0 amide bonds. The van der Waals surface area contributed by atoms with Crippen LogP contribution in [0.15, 0.2) is 24.3 Å². The minimum absolute atomic E-state index is 0.0110. The molecule has 1 fully saturated rings. The number of hydrogen-bond donors (Lipinski definition) is 2. The van der Waals surface area contributed by atoms with Gasteiger partial charge in [0.2, 0.25) is 0 Å². The average molecular weight is 283 g/mol. The molecule has 106 valence electrons. The summed E-state index contributed by atoms with van der Waals surface area (Å²) < 4.78 is 0. The lowest BCUT2D eigenvalue weighted by Gasteiger charge is -2.34.